The molecular formula is C7H11NO2S. The first kappa shape index (κ1) is 8.49. The molecule has 0 aromatic carbocycles. The maximum absolute atomic E-state index is 10.9. The number of hydrogen-bond donors (Lipinski definition) is 1. The van der Waals surface area contributed by atoms with Gasteiger partial charge in [0.1, 0.15) is 0 Å². The standard InChI is InChI=1S/C7H11NO2S/c1-6(2)7(9)10-11-5-3-4-8-11/h5,8H,1,3-4H2,2H3. The minimum absolute atomic E-state index is 0.320. The molecule has 3 nitrogen and oxygen atoms in total. The highest BCUT2D eigenvalue weighted by molar-refractivity contribution is 8.09. The van der Waals surface area contributed by atoms with E-state index in [1.54, 1.807) is 6.92 Å². The molecular weight excluding hydrogens is 162 g/mol. The Labute approximate surface area is 68.7 Å². The molecule has 0 aromatic heterocycles. The molecule has 0 aliphatic carbocycles. The first-order chi connectivity index (χ1) is 5.20. The van der Waals surface area contributed by atoms with Crippen molar-refractivity contribution >= 4 is 22.3 Å². The zero-order valence-electron chi connectivity index (χ0n) is 6.42. The van der Waals surface area contributed by atoms with Crippen LogP contribution in [-0.4, -0.2) is 17.9 Å². The molecule has 1 aliphatic rings. The van der Waals surface area contributed by atoms with Crippen LogP contribution < -0.4 is 4.72 Å². The Morgan fingerprint density at radius 2 is 2.55 bits per heavy atom. The lowest BCUT2D eigenvalue weighted by Gasteiger charge is -2.04. The average molecular weight is 173 g/mol. The average Bonchev–Trinajstić information content (AvgIpc) is 2.39. The fourth-order valence-electron chi connectivity index (χ4n) is 0.601. The maximum atomic E-state index is 10.9. The summed E-state index contributed by atoms with van der Waals surface area (Å²) in [5.74, 6) is -0.320. The predicted molar refractivity (Wildman–Crippen MR) is 47.2 cm³/mol. The molecule has 1 rings (SSSR count). The Balaban J connectivity index is 2.42. The second-order valence-electron chi connectivity index (χ2n) is 2.30. The molecule has 0 radical (unpaired) electrons. The van der Waals surface area contributed by atoms with Crippen molar-refractivity contribution in [2.75, 3.05) is 6.54 Å². The van der Waals surface area contributed by atoms with E-state index in [1.807, 2.05) is 5.37 Å². The van der Waals surface area contributed by atoms with Crippen LogP contribution in [0.4, 0.5) is 0 Å². The van der Waals surface area contributed by atoms with Gasteiger partial charge < -0.3 is 4.18 Å². The van der Waals surface area contributed by atoms with Crippen molar-refractivity contribution in [2.24, 2.45) is 0 Å². The van der Waals surface area contributed by atoms with Gasteiger partial charge in [-0.2, -0.15) is 0 Å². The maximum Gasteiger partial charge on any atom is 0.345 e. The van der Waals surface area contributed by atoms with Crippen molar-refractivity contribution in [1.29, 1.82) is 0 Å². The van der Waals surface area contributed by atoms with Crippen LogP contribution in [-0.2, 0) is 8.98 Å². The zero-order chi connectivity index (χ0) is 8.27. The molecule has 0 amide bonds. The quantitative estimate of drug-likeness (QED) is 0.500. The first-order valence-electron chi connectivity index (χ1n) is 3.38. The molecule has 62 valence electrons. The third-order valence-corrected chi connectivity index (χ3v) is 2.53. The summed E-state index contributed by atoms with van der Waals surface area (Å²) in [5, 5.41) is 1.96. The molecule has 4 heteroatoms. The van der Waals surface area contributed by atoms with Gasteiger partial charge in [-0.05, 0) is 18.7 Å². The highest BCUT2D eigenvalue weighted by Crippen LogP contribution is 2.15. The van der Waals surface area contributed by atoms with E-state index < -0.39 is 11.0 Å². The van der Waals surface area contributed by atoms with Crippen molar-refractivity contribution in [2.45, 2.75) is 13.3 Å². The summed E-state index contributed by atoms with van der Waals surface area (Å²) in [5.41, 5.74) is 0.444. The van der Waals surface area contributed by atoms with E-state index in [4.69, 9.17) is 4.18 Å². The molecule has 1 N–H and O–H groups in total. The largest absolute Gasteiger partial charge is 0.382 e. The van der Waals surface area contributed by atoms with Crippen molar-refractivity contribution in [3.05, 3.63) is 12.2 Å². The highest BCUT2D eigenvalue weighted by Gasteiger charge is 2.08. The molecule has 11 heavy (non-hydrogen) atoms. The Morgan fingerprint density at radius 1 is 1.82 bits per heavy atom. The van der Waals surface area contributed by atoms with Crippen LogP contribution in [0.15, 0.2) is 12.2 Å². The molecule has 0 saturated heterocycles. The van der Waals surface area contributed by atoms with Crippen LogP contribution >= 0.6 is 11.0 Å². The lowest BCUT2D eigenvalue weighted by molar-refractivity contribution is -0.128. The summed E-state index contributed by atoms with van der Waals surface area (Å²) in [6, 6.07) is 0. The summed E-state index contributed by atoms with van der Waals surface area (Å²) in [4.78, 5) is 10.9. The Bertz CT molecular complexity index is 222. The van der Waals surface area contributed by atoms with Gasteiger partial charge in [0.15, 0.2) is 0 Å². The van der Waals surface area contributed by atoms with Gasteiger partial charge in [0.25, 0.3) is 0 Å². The molecule has 1 aliphatic heterocycles. The van der Waals surface area contributed by atoms with Crippen molar-refractivity contribution in [3.8, 4) is 0 Å². The molecule has 0 saturated carbocycles. The number of hydrogen-bond acceptors (Lipinski definition) is 3. The molecule has 0 spiro atoms. The van der Waals surface area contributed by atoms with E-state index in [-0.39, 0.29) is 5.97 Å². The van der Waals surface area contributed by atoms with E-state index in [0.717, 1.165) is 13.0 Å². The van der Waals surface area contributed by atoms with Crippen molar-refractivity contribution in [3.63, 3.8) is 0 Å². The second-order valence-corrected chi connectivity index (χ2v) is 3.68. The molecule has 1 unspecified atom stereocenters. The van der Waals surface area contributed by atoms with Crippen molar-refractivity contribution in [1.82, 2.24) is 4.72 Å². The zero-order valence-corrected chi connectivity index (χ0v) is 7.24. The van der Waals surface area contributed by atoms with Gasteiger partial charge in [0.05, 0.1) is 11.0 Å². The van der Waals surface area contributed by atoms with Gasteiger partial charge in [-0.3, -0.25) is 0 Å². The number of carbonyl (C=O) groups excluding carboxylic acids is 1. The Morgan fingerprint density at radius 3 is 3.00 bits per heavy atom. The first-order valence-corrected chi connectivity index (χ1v) is 4.59. The molecule has 0 fully saturated rings. The number of carbonyl (C=O) groups is 1. The van der Waals surface area contributed by atoms with Crippen LogP contribution in [0, 0.1) is 0 Å². The van der Waals surface area contributed by atoms with Crippen LogP contribution in [0.2, 0.25) is 0 Å². The lowest BCUT2D eigenvalue weighted by atomic mass is 10.4. The molecule has 1 atom stereocenters. The third-order valence-electron chi connectivity index (χ3n) is 1.17. The van der Waals surface area contributed by atoms with Crippen LogP contribution in [0.5, 0.6) is 0 Å². The fraction of sp³-hybridized carbons (Fsp3) is 0.429. The second kappa shape index (κ2) is 3.69. The summed E-state index contributed by atoms with van der Waals surface area (Å²) < 4.78 is 8.03. The summed E-state index contributed by atoms with van der Waals surface area (Å²) >= 11 is 0. The van der Waals surface area contributed by atoms with Crippen LogP contribution in [0.25, 0.3) is 0 Å². The molecule has 0 aromatic rings. The lowest BCUT2D eigenvalue weighted by Crippen LogP contribution is -2.07. The minimum Gasteiger partial charge on any atom is -0.382 e. The number of rotatable bonds is 2. The Kier molecular flexibility index (Phi) is 2.84. The monoisotopic (exact) mass is 173 g/mol. The van der Waals surface area contributed by atoms with E-state index >= 15 is 0 Å². The number of nitrogens with one attached hydrogen (secondary N) is 1. The summed E-state index contributed by atoms with van der Waals surface area (Å²) in [6.45, 7) is 6.02. The van der Waals surface area contributed by atoms with E-state index in [0.29, 0.717) is 5.57 Å². The van der Waals surface area contributed by atoms with Crippen LogP contribution in [0.1, 0.15) is 13.3 Å². The van der Waals surface area contributed by atoms with Gasteiger partial charge in [-0.1, -0.05) is 6.58 Å². The van der Waals surface area contributed by atoms with Crippen molar-refractivity contribution < 1.29 is 8.98 Å². The van der Waals surface area contributed by atoms with Crippen LogP contribution in [0.3, 0.4) is 0 Å². The van der Waals surface area contributed by atoms with Gasteiger partial charge in [0, 0.05) is 12.1 Å². The van der Waals surface area contributed by atoms with Gasteiger partial charge in [-0.25, -0.2) is 9.52 Å². The Hall–Kier alpha value is -0.610. The molecule has 0 bridgehead atoms. The SMILES string of the molecule is C=C(C)C(=O)OS1=CCCN1. The minimum atomic E-state index is -0.463. The van der Waals surface area contributed by atoms with Gasteiger partial charge >= 0.3 is 5.97 Å². The summed E-state index contributed by atoms with van der Waals surface area (Å²) in [7, 11) is -0.463. The fourth-order valence-corrected chi connectivity index (χ4v) is 1.80. The predicted octanol–water partition coefficient (Wildman–Crippen LogP) is 1.00. The summed E-state index contributed by atoms with van der Waals surface area (Å²) in [6.07, 6.45) is 0.965. The highest BCUT2D eigenvalue weighted by atomic mass is 32.2. The molecule has 1 heterocycles. The normalized spacial score (nSPS) is 22.5. The topological polar surface area (TPSA) is 38.3 Å². The van der Waals surface area contributed by atoms with E-state index in [9.17, 15) is 4.79 Å². The van der Waals surface area contributed by atoms with E-state index in [2.05, 4.69) is 11.3 Å². The van der Waals surface area contributed by atoms with Gasteiger partial charge in [0.2, 0.25) is 0 Å². The van der Waals surface area contributed by atoms with Gasteiger partial charge in [-0.15, -0.1) is 0 Å². The third kappa shape index (κ3) is 2.48. The smallest absolute Gasteiger partial charge is 0.345 e. The van der Waals surface area contributed by atoms with E-state index in [1.165, 1.54) is 0 Å².